The Bertz CT molecular complexity index is 498. The summed E-state index contributed by atoms with van der Waals surface area (Å²) in [5, 5.41) is 0. The average molecular weight is 343 g/mol. The molecule has 0 spiro atoms. The Morgan fingerprint density at radius 2 is 1.70 bits per heavy atom. The van der Waals surface area contributed by atoms with E-state index in [1.165, 1.54) is 52.1 Å². The molecule has 4 saturated heterocycles. The Kier molecular flexibility index (Phi) is 4.36. The molecule has 0 aromatic heterocycles. The van der Waals surface area contributed by atoms with Crippen molar-refractivity contribution >= 4 is 7.37 Å². The van der Waals surface area contributed by atoms with E-state index in [1.54, 1.807) is 0 Å². The highest BCUT2D eigenvalue weighted by Gasteiger charge is 2.58. The van der Waals surface area contributed by atoms with Gasteiger partial charge in [-0.15, -0.1) is 0 Å². The summed E-state index contributed by atoms with van der Waals surface area (Å²) >= 11 is 0. The van der Waals surface area contributed by atoms with Gasteiger partial charge in [0.15, 0.2) is 12.5 Å². The molecule has 0 bridgehead atoms. The Morgan fingerprint density at radius 3 is 2.48 bits per heavy atom. The van der Waals surface area contributed by atoms with Crippen LogP contribution in [0.5, 0.6) is 0 Å². The van der Waals surface area contributed by atoms with Gasteiger partial charge in [0.2, 0.25) is 0 Å². The van der Waals surface area contributed by atoms with E-state index in [4.69, 9.17) is 4.52 Å². The molecule has 0 radical (unpaired) electrons. The van der Waals surface area contributed by atoms with Crippen LogP contribution in [0.4, 0.5) is 0 Å². The second-order valence-electron chi connectivity index (χ2n) is 7.88. The van der Waals surface area contributed by atoms with Crippen molar-refractivity contribution in [3.8, 4) is 0 Å². The van der Waals surface area contributed by atoms with Gasteiger partial charge in [-0.05, 0) is 13.3 Å². The second-order valence-corrected chi connectivity index (χ2v) is 10.5. The molecule has 4 aliphatic rings. The van der Waals surface area contributed by atoms with Crippen LogP contribution in [0.25, 0.3) is 0 Å². The number of hydrogen-bond acceptors (Lipinski definition) is 5. The molecule has 4 atom stereocenters. The zero-order valence-electron chi connectivity index (χ0n) is 14.7. The van der Waals surface area contributed by atoms with E-state index in [1.807, 2.05) is 13.6 Å². The van der Waals surface area contributed by atoms with Crippen LogP contribution < -0.4 is 0 Å². The fourth-order valence-electron chi connectivity index (χ4n) is 5.63. The lowest BCUT2D eigenvalue weighted by atomic mass is 9.98. The number of hydrogen-bond donors (Lipinski definition) is 0. The van der Waals surface area contributed by atoms with Gasteiger partial charge in [0.25, 0.3) is 7.37 Å². The molecule has 4 aliphatic heterocycles. The molecule has 23 heavy (non-hydrogen) atoms. The molecule has 0 N–H and O–H groups in total. The zero-order chi connectivity index (χ0) is 16.1. The second kappa shape index (κ2) is 6.08. The van der Waals surface area contributed by atoms with Gasteiger partial charge in [-0.3, -0.25) is 23.7 Å². The highest BCUT2D eigenvalue weighted by Crippen LogP contribution is 2.49. The Labute approximate surface area is 140 Å². The summed E-state index contributed by atoms with van der Waals surface area (Å²) in [6, 6.07) is 0. The van der Waals surface area contributed by atoms with Crippen LogP contribution in [0.1, 0.15) is 19.8 Å². The van der Waals surface area contributed by atoms with Crippen LogP contribution in [0.15, 0.2) is 0 Å². The van der Waals surface area contributed by atoms with E-state index in [-0.39, 0.29) is 0 Å². The lowest BCUT2D eigenvalue weighted by molar-refractivity contribution is -0.969. The van der Waals surface area contributed by atoms with Gasteiger partial charge in [0.05, 0.1) is 19.7 Å². The predicted molar refractivity (Wildman–Crippen MR) is 91.5 cm³/mol. The maximum Gasteiger partial charge on any atom is 0.252 e. The molecule has 0 amide bonds. The van der Waals surface area contributed by atoms with Gasteiger partial charge in [-0.2, -0.15) is 0 Å². The SMILES string of the molecule is CCOP(C)(=O)C[N+]12CCCN3CCN4CCCN(CC1)C4C32. The molecule has 0 aromatic carbocycles. The van der Waals surface area contributed by atoms with Crippen LogP contribution in [-0.2, 0) is 9.09 Å². The minimum Gasteiger partial charge on any atom is -0.325 e. The third-order valence-electron chi connectivity index (χ3n) is 6.34. The minimum atomic E-state index is -2.52. The summed E-state index contributed by atoms with van der Waals surface area (Å²) in [4.78, 5) is 8.10. The summed E-state index contributed by atoms with van der Waals surface area (Å²) in [7, 11) is -2.52. The van der Waals surface area contributed by atoms with Crippen molar-refractivity contribution in [3.63, 3.8) is 0 Å². The minimum absolute atomic E-state index is 0.500. The Balaban J connectivity index is 1.66. The van der Waals surface area contributed by atoms with E-state index in [9.17, 15) is 4.57 Å². The Hall–Kier alpha value is 0.0300. The quantitative estimate of drug-likeness (QED) is 0.564. The van der Waals surface area contributed by atoms with Gasteiger partial charge in [0, 0.05) is 52.4 Å². The van der Waals surface area contributed by atoms with E-state index in [0.717, 1.165) is 23.9 Å². The van der Waals surface area contributed by atoms with Crippen molar-refractivity contribution in [1.82, 2.24) is 14.7 Å². The normalized spacial score (nSPS) is 41.3. The summed E-state index contributed by atoms with van der Waals surface area (Å²) < 4.78 is 19.7. The summed E-state index contributed by atoms with van der Waals surface area (Å²) in [6.07, 6.45) is 4.29. The maximum absolute atomic E-state index is 13.0. The third kappa shape index (κ3) is 2.82. The first-order chi connectivity index (χ1) is 11.0. The number of quaternary nitrogens is 1. The van der Waals surface area contributed by atoms with E-state index >= 15 is 0 Å². The topological polar surface area (TPSA) is 36.0 Å². The molecule has 0 aliphatic carbocycles. The van der Waals surface area contributed by atoms with Gasteiger partial charge in [-0.25, -0.2) is 0 Å². The van der Waals surface area contributed by atoms with Crippen molar-refractivity contribution in [2.45, 2.75) is 32.1 Å². The molecular weight excluding hydrogens is 311 g/mol. The molecule has 132 valence electrons. The molecule has 7 heteroatoms. The molecule has 4 heterocycles. The fourth-order valence-corrected chi connectivity index (χ4v) is 7.73. The lowest BCUT2D eigenvalue weighted by Gasteiger charge is -2.65. The fraction of sp³-hybridized carbons (Fsp3) is 1.00. The molecule has 4 unspecified atom stereocenters. The van der Waals surface area contributed by atoms with E-state index in [2.05, 4.69) is 14.7 Å². The third-order valence-corrected chi connectivity index (χ3v) is 8.22. The van der Waals surface area contributed by atoms with Crippen molar-refractivity contribution < 1.29 is 13.6 Å². The van der Waals surface area contributed by atoms with Crippen LogP contribution in [0, 0.1) is 0 Å². The van der Waals surface area contributed by atoms with Gasteiger partial charge in [0.1, 0.15) is 6.17 Å². The first-order valence-corrected chi connectivity index (χ1v) is 11.6. The molecular formula is C16H32N4O2P+. The van der Waals surface area contributed by atoms with E-state index < -0.39 is 7.37 Å². The number of piperazine rings is 2. The summed E-state index contributed by atoms with van der Waals surface area (Å²) in [5.74, 6) is 0. The molecule has 6 nitrogen and oxygen atoms in total. The summed E-state index contributed by atoms with van der Waals surface area (Å²) in [5.41, 5.74) is 0. The van der Waals surface area contributed by atoms with Gasteiger partial charge >= 0.3 is 0 Å². The van der Waals surface area contributed by atoms with E-state index in [0.29, 0.717) is 18.9 Å². The van der Waals surface area contributed by atoms with Gasteiger partial charge < -0.3 is 4.52 Å². The maximum atomic E-state index is 13.0. The van der Waals surface area contributed by atoms with Crippen molar-refractivity contribution in [2.24, 2.45) is 0 Å². The van der Waals surface area contributed by atoms with Gasteiger partial charge in [-0.1, -0.05) is 0 Å². The molecule has 4 fully saturated rings. The zero-order valence-corrected chi connectivity index (χ0v) is 15.6. The largest absolute Gasteiger partial charge is 0.325 e. The van der Waals surface area contributed by atoms with Crippen LogP contribution in [-0.4, -0.2) is 103 Å². The standard InChI is InChI=1S/C16H32N4O2P/c1-3-22-23(2,21)14-20-12-5-8-19-10-9-17-6-4-7-18(11-13-20)15(17)16(19)20/h15-16H,3-14H2,1-2H3/q+1. The molecule has 0 aromatic rings. The predicted octanol–water partition coefficient (Wildman–Crippen LogP) is 1.10. The highest BCUT2D eigenvalue weighted by atomic mass is 31.2. The van der Waals surface area contributed by atoms with Crippen molar-refractivity contribution in [3.05, 3.63) is 0 Å². The first-order valence-electron chi connectivity index (χ1n) is 9.34. The number of nitrogens with zero attached hydrogens (tertiary/aromatic N) is 4. The smallest absolute Gasteiger partial charge is 0.252 e. The highest BCUT2D eigenvalue weighted by molar-refractivity contribution is 7.57. The number of rotatable bonds is 4. The monoisotopic (exact) mass is 343 g/mol. The lowest BCUT2D eigenvalue weighted by Crippen LogP contribution is -2.83. The van der Waals surface area contributed by atoms with Crippen LogP contribution in [0.3, 0.4) is 0 Å². The van der Waals surface area contributed by atoms with Crippen molar-refractivity contribution in [2.75, 3.05) is 71.9 Å². The Morgan fingerprint density at radius 1 is 1.00 bits per heavy atom. The molecule has 0 saturated carbocycles. The average Bonchev–Trinajstić information content (AvgIpc) is 2.52. The molecule has 4 rings (SSSR count). The van der Waals surface area contributed by atoms with Crippen molar-refractivity contribution in [1.29, 1.82) is 0 Å². The van der Waals surface area contributed by atoms with Crippen LogP contribution in [0.2, 0.25) is 0 Å². The summed E-state index contributed by atoms with van der Waals surface area (Å²) in [6.45, 7) is 13.9. The first kappa shape index (κ1) is 16.5. The van der Waals surface area contributed by atoms with Crippen LogP contribution >= 0.6 is 7.37 Å².